The Bertz CT molecular complexity index is 872. The first-order valence-electron chi connectivity index (χ1n) is 8.26. The van der Waals surface area contributed by atoms with E-state index in [4.69, 9.17) is 15.2 Å². The number of nitrogens with zero attached hydrogens (tertiary/aromatic N) is 1. The van der Waals surface area contributed by atoms with Crippen LogP contribution < -0.4 is 10.5 Å². The van der Waals surface area contributed by atoms with Crippen molar-refractivity contribution >= 4 is 17.4 Å². The molecule has 2 aromatic carbocycles. The van der Waals surface area contributed by atoms with Crippen LogP contribution in [0.15, 0.2) is 48.7 Å². The molecule has 0 amide bonds. The second-order valence-corrected chi connectivity index (χ2v) is 5.91. The van der Waals surface area contributed by atoms with Crippen molar-refractivity contribution in [2.24, 2.45) is 12.8 Å². The summed E-state index contributed by atoms with van der Waals surface area (Å²) in [5.74, 6) is 0.747. The summed E-state index contributed by atoms with van der Waals surface area (Å²) in [4.78, 5) is 10.8. The Morgan fingerprint density at radius 3 is 2.64 bits per heavy atom. The number of ether oxygens (including phenoxy) is 2. The first-order valence-corrected chi connectivity index (χ1v) is 8.26. The van der Waals surface area contributed by atoms with Crippen LogP contribution in [-0.4, -0.2) is 24.2 Å². The first kappa shape index (κ1) is 17.0. The lowest BCUT2D eigenvalue weighted by atomic mass is 10.00. The lowest BCUT2D eigenvalue weighted by Crippen LogP contribution is -2.11. The van der Waals surface area contributed by atoms with Crippen LogP contribution in [0.4, 0.5) is 0 Å². The highest BCUT2D eigenvalue weighted by Crippen LogP contribution is 2.40. The van der Waals surface area contributed by atoms with Crippen LogP contribution in [0.3, 0.4) is 0 Å². The summed E-state index contributed by atoms with van der Waals surface area (Å²) in [5, 5.41) is 0.951. The summed E-state index contributed by atoms with van der Waals surface area (Å²) in [6.45, 7) is 3.19. The van der Waals surface area contributed by atoms with Gasteiger partial charge in [-0.05, 0) is 24.6 Å². The van der Waals surface area contributed by atoms with E-state index in [1.165, 1.54) is 0 Å². The van der Waals surface area contributed by atoms with Crippen molar-refractivity contribution in [2.75, 3.05) is 13.2 Å². The van der Waals surface area contributed by atoms with Crippen molar-refractivity contribution < 1.29 is 14.3 Å². The average Bonchev–Trinajstić information content (AvgIpc) is 2.99. The fraction of sp³-hybridized carbons (Fsp3) is 0.250. The minimum atomic E-state index is -0.368. The molecule has 1 unspecified atom stereocenters. The van der Waals surface area contributed by atoms with Gasteiger partial charge in [0, 0.05) is 36.3 Å². The molecule has 5 heteroatoms. The number of nitrogens with two attached hydrogens (primary N) is 1. The molecular weight excluding hydrogens is 316 g/mol. The number of fused-ring (bicyclic) bond motifs is 1. The van der Waals surface area contributed by atoms with Crippen LogP contribution in [0.5, 0.6) is 5.75 Å². The highest BCUT2D eigenvalue weighted by molar-refractivity contribution is 6.00. The zero-order valence-electron chi connectivity index (χ0n) is 14.4. The number of aryl methyl sites for hydroxylation is 1. The van der Waals surface area contributed by atoms with Crippen LogP contribution in [0.2, 0.25) is 0 Å². The second kappa shape index (κ2) is 7.40. The van der Waals surface area contributed by atoms with Crippen molar-refractivity contribution in [3.05, 3.63) is 54.2 Å². The molecule has 0 spiro atoms. The Labute approximate surface area is 147 Å². The Kier molecular flexibility index (Phi) is 5.05. The van der Waals surface area contributed by atoms with Gasteiger partial charge in [0.1, 0.15) is 18.5 Å². The monoisotopic (exact) mass is 338 g/mol. The molecule has 0 aliphatic heterocycles. The van der Waals surface area contributed by atoms with Crippen LogP contribution in [0, 0.1) is 0 Å². The average molecular weight is 338 g/mol. The van der Waals surface area contributed by atoms with Crippen LogP contribution in [0.1, 0.15) is 18.6 Å². The zero-order chi connectivity index (χ0) is 17.8. The smallest absolute Gasteiger partial charge is 0.293 e. The molecule has 1 aromatic heterocycles. The molecule has 2 N–H and O–H groups in total. The van der Waals surface area contributed by atoms with Crippen molar-refractivity contribution in [3.8, 4) is 16.9 Å². The van der Waals surface area contributed by atoms with Crippen molar-refractivity contribution in [1.82, 2.24) is 4.57 Å². The topological polar surface area (TPSA) is 66.5 Å². The van der Waals surface area contributed by atoms with Gasteiger partial charge in [0.15, 0.2) is 0 Å². The number of aromatic nitrogens is 1. The van der Waals surface area contributed by atoms with E-state index in [1.807, 2.05) is 49.0 Å². The van der Waals surface area contributed by atoms with Crippen LogP contribution >= 0.6 is 0 Å². The van der Waals surface area contributed by atoms with E-state index in [9.17, 15) is 4.79 Å². The molecule has 3 aromatic rings. The molecule has 3 rings (SSSR count). The summed E-state index contributed by atoms with van der Waals surface area (Å²) >= 11 is 0. The van der Waals surface area contributed by atoms with Crippen molar-refractivity contribution in [3.63, 3.8) is 0 Å². The minimum absolute atomic E-state index is 0.368. The van der Waals surface area contributed by atoms with E-state index in [1.54, 1.807) is 0 Å². The van der Waals surface area contributed by atoms with Gasteiger partial charge in [0.2, 0.25) is 0 Å². The molecule has 1 atom stereocenters. The number of carbonyl (C=O) groups excluding carboxylic acids is 1. The van der Waals surface area contributed by atoms with Gasteiger partial charge in [0.25, 0.3) is 6.47 Å². The molecular formula is C20H22N2O3. The minimum Gasteiger partial charge on any atom is -0.492 e. The SMILES string of the molecule is CC(OC=O)c1cn(C)c2c(-c3ccccc3)ccc(OCCN)c12. The Hall–Kier alpha value is -2.79. The van der Waals surface area contributed by atoms with Gasteiger partial charge in [-0.15, -0.1) is 0 Å². The Morgan fingerprint density at radius 1 is 1.20 bits per heavy atom. The number of hydrogen-bond acceptors (Lipinski definition) is 4. The van der Waals surface area contributed by atoms with Gasteiger partial charge >= 0.3 is 0 Å². The maximum absolute atomic E-state index is 10.8. The van der Waals surface area contributed by atoms with E-state index < -0.39 is 0 Å². The molecule has 25 heavy (non-hydrogen) atoms. The summed E-state index contributed by atoms with van der Waals surface area (Å²) in [6, 6.07) is 14.2. The highest BCUT2D eigenvalue weighted by atomic mass is 16.5. The summed E-state index contributed by atoms with van der Waals surface area (Å²) < 4.78 is 13.1. The van der Waals surface area contributed by atoms with Gasteiger partial charge in [-0.1, -0.05) is 30.3 Å². The Balaban J connectivity index is 2.26. The Morgan fingerprint density at radius 2 is 1.96 bits per heavy atom. The largest absolute Gasteiger partial charge is 0.492 e. The van der Waals surface area contributed by atoms with E-state index >= 15 is 0 Å². The maximum Gasteiger partial charge on any atom is 0.293 e. The second-order valence-electron chi connectivity index (χ2n) is 5.91. The van der Waals surface area contributed by atoms with Crippen LogP contribution in [0.25, 0.3) is 22.0 Å². The molecule has 1 heterocycles. The molecule has 0 bridgehead atoms. The molecule has 5 nitrogen and oxygen atoms in total. The highest BCUT2D eigenvalue weighted by Gasteiger charge is 2.20. The zero-order valence-corrected chi connectivity index (χ0v) is 14.4. The van der Waals surface area contributed by atoms with E-state index in [2.05, 4.69) is 18.2 Å². The normalized spacial score (nSPS) is 12.1. The first-order chi connectivity index (χ1) is 12.2. The van der Waals surface area contributed by atoms with Crippen molar-refractivity contribution in [1.29, 1.82) is 0 Å². The lowest BCUT2D eigenvalue weighted by Gasteiger charge is -2.14. The maximum atomic E-state index is 10.8. The quantitative estimate of drug-likeness (QED) is 0.670. The molecule has 0 saturated heterocycles. The molecule has 130 valence electrons. The predicted molar refractivity (Wildman–Crippen MR) is 98.5 cm³/mol. The van der Waals surface area contributed by atoms with Crippen LogP contribution in [-0.2, 0) is 16.6 Å². The molecule has 0 fully saturated rings. The predicted octanol–water partition coefficient (Wildman–Crippen LogP) is 3.42. The third-order valence-corrected chi connectivity index (χ3v) is 4.27. The number of benzene rings is 2. The fourth-order valence-corrected chi connectivity index (χ4v) is 3.16. The number of rotatable bonds is 7. The van der Waals surface area contributed by atoms with E-state index in [0.29, 0.717) is 19.6 Å². The van der Waals surface area contributed by atoms with Gasteiger partial charge < -0.3 is 19.8 Å². The van der Waals surface area contributed by atoms with Gasteiger partial charge in [-0.3, -0.25) is 4.79 Å². The molecule has 0 aliphatic carbocycles. The summed E-state index contributed by atoms with van der Waals surface area (Å²) in [5.41, 5.74) is 9.76. The lowest BCUT2D eigenvalue weighted by molar-refractivity contribution is -0.133. The third kappa shape index (κ3) is 3.23. The van der Waals surface area contributed by atoms with Crippen molar-refractivity contribution in [2.45, 2.75) is 13.0 Å². The fourth-order valence-electron chi connectivity index (χ4n) is 3.16. The summed E-state index contributed by atoms with van der Waals surface area (Å²) in [6.07, 6.45) is 1.62. The van der Waals surface area contributed by atoms with E-state index in [-0.39, 0.29) is 6.10 Å². The van der Waals surface area contributed by atoms with Gasteiger partial charge in [-0.2, -0.15) is 0 Å². The number of hydrogen-bond donors (Lipinski definition) is 1. The molecule has 0 aliphatic rings. The van der Waals surface area contributed by atoms with Gasteiger partial charge in [-0.25, -0.2) is 0 Å². The summed E-state index contributed by atoms with van der Waals surface area (Å²) in [7, 11) is 1.98. The molecule has 0 radical (unpaired) electrons. The standard InChI is InChI=1S/C20H22N2O3/c1-14(25-13-23)17-12-22(2)20-16(15-6-4-3-5-7-15)8-9-18(19(17)20)24-11-10-21/h3-9,12-14H,10-11,21H2,1-2H3. The van der Waals surface area contributed by atoms with Gasteiger partial charge in [0.05, 0.1) is 5.52 Å². The number of carbonyl (C=O) groups is 1. The molecule has 0 saturated carbocycles. The third-order valence-electron chi connectivity index (χ3n) is 4.27. The van der Waals surface area contributed by atoms with E-state index in [0.717, 1.165) is 33.3 Å².